The lowest BCUT2D eigenvalue weighted by molar-refractivity contribution is 0.474. The van der Waals surface area contributed by atoms with E-state index in [-0.39, 0.29) is 8.46 Å². The first-order valence-electron chi connectivity index (χ1n) is 3.90. The molecule has 0 bridgehead atoms. The normalized spacial score (nSPS) is 10.3. The van der Waals surface area contributed by atoms with Gasteiger partial charge in [0, 0.05) is 6.16 Å². The summed E-state index contributed by atoms with van der Waals surface area (Å²) in [5, 5.41) is 9.11. The summed E-state index contributed by atoms with van der Waals surface area (Å²) in [6.45, 7) is 0. The van der Waals surface area contributed by atoms with Crippen molar-refractivity contribution >= 4 is 8.46 Å². The van der Waals surface area contributed by atoms with Crippen molar-refractivity contribution in [3.8, 4) is 5.75 Å². The molecule has 0 atom stereocenters. The Morgan fingerprint density at radius 2 is 2.25 bits per heavy atom. The zero-order chi connectivity index (χ0) is 8.81. The van der Waals surface area contributed by atoms with Crippen LogP contribution in [0.25, 0.3) is 0 Å². The second kappa shape index (κ2) is 4.89. The standard InChI is InChI=1S/C9H11O2P/c10-9-5-1-3-8(7-9)4-2-6-12-11/h1,3,5,7,10H,2,4,6H2. The van der Waals surface area contributed by atoms with Crippen LogP contribution < -0.4 is 0 Å². The van der Waals surface area contributed by atoms with Crippen LogP contribution in [0.1, 0.15) is 12.0 Å². The highest BCUT2D eigenvalue weighted by atomic mass is 31.1. The lowest BCUT2D eigenvalue weighted by Gasteiger charge is -1.98. The zero-order valence-corrected chi connectivity index (χ0v) is 7.63. The van der Waals surface area contributed by atoms with E-state index < -0.39 is 0 Å². The minimum absolute atomic E-state index is 0.203. The maximum absolute atomic E-state index is 10.1. The molecular weight excluding hydrogens is 171 g/mol. The number of aryl methyl sites for hydroxylation is 1. The summed E-state index contributed by atoms with van der Waals surface area (Å²) in [5.74, 6) is 0.298. The van der Waals surface area contributed by atoms with E-state index in [1.54, 1.807) is 12.1 Å². The molecule has 2 nitrogen and oxygen atoms in total. The number of hydrogen-bond donors (Lipinski definition) is 1. The van der Waals surface area contributed by atoms with Crippen LogP contribution in [0.4, 0.5) is 0 Å². The highest BCUT2D eigenvalue weighted by Gasteiger charge is 1.93. The number of rotatable bonds is 4. The molecule has 0 aliphatic carbocycles. The number of hydrogen-bond acceptors (Lipinski definition) is 2. The van der Waals surface area contributed by atoms with Crippen molar-refractivity contribution in [1.29, 1.82) is 0 Å². The Bertz CT molecular complexity index is 260. The van der Waals surface area contributed by atoms with Crippen LogP contribution in [-0.4, -0.2) is 11.3 Å². The highest BCUT2D eigenvalue weighted by Crippen LogP contribution is 2.13. The smallest absolute Gasteiger partial charge is 0.155 e. The van der Waals surface area contributed by atoms with E-state index in [0.717, 1.165) is 18.4 Å². The first kappa shape index (κ1) is 9.21. The average molecular weight is 182 g/mol. The van der Waals surface area contributed by atoms with E-state index in [0.29, 0.717) is 11.9 Å². The second-order valence-electron chi connectivity index (χ2n) is 2.63. The first-order chi connectivity index (χ1) is 5.83. The summed E-state index contributed by atoms with van der Waals surface area (Å²) < 4.78 is 10.1. The van der Waals surface area contributed by atoms with Crippen molar-refractivity contribution in [3.63, 3.8) is 0 Å². The fourth-order valence-electron chi connectivity index (χ4n) is 1.06. The Morgan fingerprint density at radius 1 is 1.42 bits per heavy atom. The SMILES string of the molecule is O=PCCCc1cccc(O)c1. The van der Waals surface area contributed by atoms with Gasteiger partial charge in [0.2, 0.25) is 0 Å². The van der Waals surface area contributed by atoms with Gasteiger partial charge in [0.1, 0.15) is 5.75 Å². The van der Waals surface area contributed by atoms with Crippen molar-refractivity contribution in [2.24, 2.45) is 0 Å². The van der Waals surface area contributed by atoms with Gasteiger partial charge in [0.25, 0.3) is 0 Å². The van der Waals surface area contributed by atoms with Gasteiger partial charge in [-0.3, -0.25) is 4.57 Å². The van der Waals surface area contributed by atoms with Gasteiger partial charge >= 0.3 is 0 Å². The van der Waals surface area contributed by atoms with Crippen LogP contribution in [0.3, 0.4) is 0 Å². The largest absolute Gasteiger partial charge is 0.508 e. The third-order valence-electron chi connectivity index (χ3n) is 1.63. The molecule has 3 heteroatoms. The second-order valence-corrected chi connectivity index (χ2v) is 3.33. The van der Waals surface area contributed by atoms with E-state index in [9.17, 15) is 4.57 Å². The van der Waals surface area contributed by atoms with Crippen LogP contribution in [0, 0.1) is 0 Å². The van der Waals surface area contributed by atoms with Crippen molar-refractivity contribution in [1.82, 2.24) is 0 Å². The molecule has 1 aromatic rings. The molecule has 0 aliphatic rings. The third kappa shape index (κ3) is 3.02. The number of phenolic OH excluding ortho intramolecular Hbond substituents is 1. The van der Waals surface area contributed by atoms with Gasteiger partial charge in [-0.2, -0.15) is 0 Å². The van der Waals surface area contributed by atoms with Crippen LogP contribution in [-0.2, 0) is 11.0 Å². The summed E-state index contributed by atoms with van der Waals surface area (Å²) >= 11 is 0. The zero-order valence-electron chi connectivity index (χ0n) is 6.73. The van der Waals surface area contributed by atoms with Crippen molar-refractivity contribution in [2.45, 2.75) is 12.8 Å². The van der Waals surface area contributed by atoms with E-state index in [2.05, 4.69) is 0 Å². The fraction of sp³-hybridized carbons (Fsp3) is 0.333. The van der Waals surface area contributed by atoms with Crippen molar-refractivity contribution in [2.75, 3.05) is 6.16 Å². The van der Waals surface area contributed by atoms with Gasteiger partial charge < -0.3 is 5.11 Å². The summed E-state index contributed by atoms with van der Waals surface area (Å²) in [7, 11) is 0.203. The monoisotopic (exact) mass is 182 g/mol. The van der Waals surface area contributed by atoms with Gasteiger partial charge in [-0.25, -0.2) is 0 Å². The summed E-state index contributed by atoms with van der Waals surface area (Å²) in [4.78, 5) is 0. The van der Waals surface area contributed by atoms with Crippen molar-refractivity contribution < 1.29 is 9.67 Å². The van der Waals surface area contributed by atoms with Crippen LogP contribution in [0.2, 0.25) is 0 Å². The van der Waals surface area contributed by atoms with E-state index >= 15 is 0 Å². The molecule has 0 heterocycles. The molecule has 12 heavy (non-hydrogen) atoms. The lowest BCUT2D eigenvalue weighted by atomic mass is 10.1. The Morgan fingerprint density at radius 3 is 2.92 bits per heavy atom. The minimum atomic E-state index is 0.203. The fourth-order valence-corrected chi connectivity index (χ4v) is 1.35. The topological polar surface area (TPSA) is 37.3 Å². The lowest BCUT2D eigenvalue weighted by Crippen LogP contribution is -1.84. The number of benzene rings is 1. The number of phenols is 1. The average Bonchev–Trinajstić information content (AvgIpc) is 2.05. The molecular formula is C9H11O2P. The quantitative estimate of drug-likeness (QED) is 0.574. The Hall–Kier alpha value is -0.880. The Balaban J connectivity index is 2.46. The van der Waals surface area contributed by atoms with E-state index in [1.807, 2.05) is 12.1 Å². The highest BCUT2D eigenvalue weighted by molar-refractivity contribution is 7.23. The van der Waals surface area contributed by atoms with Crippen LogP contribution >= 0.6 is 8.46 Å². The summed E-state index contributed by atoms with van der Waals surface area (Å²) in [5.41, 5.74) is 1.10. The molecule has 0 aliphatic heterocycles. The molecule has 0 aromatic heterocycles. The van der Waals surface area contributed by atoms with Gasteiger partial charge in [-0.05, 0) is 30.5 Å². The molecule has 0 unspecified atom stereocenters. The van der Waals surface area contributed by atoms with Crippen LogP contribution in [0.15, 0.2) is 24.3 Å². The molecule has 0 amide bonds. The van der Waals surface area contributed by atoms with E-state index in [4.69, 9.17) is 5.11 Å². The maximum atomic E-state index is 10.1. The van der Waals surface area contributed by atoms with E-state index in [1.165, 1.54) is 0 Å². The molecule has 0 radical (unpaired) electrons. The predicted molar refractivity (Wildman–Crippen MR) is 48.9 cm³/mol. The van der Waals surface area contributed by atoms with Gasteiger partial charge in [-0.1, -0.05) is 12.1 Å². The van der Waals surface area contributed by atoms with Crippen LogP contribution in [0.5, 0.6) is 5.75 Å². The minimum Gasteiger partial charge on any atom is -0.508 e. The molecule has 0 spiro atoms. The molecule has 1 N–H and O–H groups in total. The molecule has 1 rings (SSSR count). The molecule has 0 saturated heterocycles. The predicted octanol–water partition coefficient (Wildman–Crippen LogP) is 2.62. The first-order valence-corrected chi connectivity index (χ1v) is 4.89. The molecule has 1 aromatic carbocycles. The maximum Gasteiger partial charge on any atom is 0.155 e. The van der Waals surface area contributed by atoms with Crippen molar-refractivity contribution in [3.05, 3.63) is 29.8 Å². The summed E-state index contributed by atoms with van der Waals surface area (Å²) in [6, 6.07) is 7.16. The van der Waals surface area contributed by atoms with Gasteiger partial charge in [0.05, 0.1) is 0 Å². The van der Waals surface area contributed by atoms with Gasteiger partial charge in [-0.15, -0.1) is 0 Å². The molecule has 0 fully saturated rings. The molecule has 64 valence electrons. The molecule has 0 saturated carbocycles. The summed E-state index contributed by atoms with van der Waals surface area (Å²) in [6.07, 6.45) is 2.47. The number of aromatic hydroxyl groups is 1. The Labute approximate surface area is 73.4 Å². The van der Waals surface area contributed by atoms with Gasteiger partial charge in [0.15, 0.2) is 8.46 Å². The Kier molecular flexibility index (Phi) is 3.75. The third-order valence-corrected chi connectivity index (χ3v) is 2.12.